The minimum absolute atomic E-state index is 0.0804. The van der Waals surface area contributed by atoms with E-state index >= 15 is 0 Å². The van der Waals surface area contributed by atoms with Crippen molar-refractivity contribution >= 4 is 23.1 Å². The third kappa shape index (κ3) is 3.89. The van der Waals surface area contributed by atoms with Gasteiger partial charge in [-0.05, 0) is 49.2 Å². The summed E-state index contributed by atoms with van der Waals surface area (Å²) in [4.78, 5) is 28.5. The highest BCUT2D eigenvalue weighted by Crippen LogP contribution is 2.47. The van der Waals surface area contributed by atoms with Crippen LogP contribution in [-0.2, 0) is 9.59 Å². The van der Waals surface area contributed by atoms with Crippen LogP contribution >= 0.6 is 0 Å². The van der Waals surface area contributed by atoms with E-state index in [1.807, 2.05) is 26.0 Å². The number of Topliss-reactive ketones (excluding diaryl/α,β-unsaturated/α-hetero) is 1. The SMILES string of the molecule is COc1ccccc1C1/C(=C(\O)c2c(OC)cccc2OC)C(=O)C(=O)N1c1cccc(C)c1C. The van der Waals surface area contributed by atoms with Gasteiger partial charge in [0, 0.05) is 11.3 Å². The molecule has 0 bridgehead atoms. The van der Waals surface area contributed by atoms with Crippen molar-refractivity contribution in [2.45, 2.75) is 19.9 Å². The largest absolute Gasteiger partial charge is 0.506 e. The number of methoxy groups -OCH3 is 3. The number of anilines is 1. The quantitative estimate of drug-likeness (QED) is 0.310. The maximum Gasteiger partial charge on any atom is 0.300 e. The third-order valence-electron chi connectivity index (χ3n) is 6.38. The zero-order valence-electron chi connectivity index (χ0n) is 20.3. The Balaban J connectivity index is 2.08. The van der Waals surface area contributed by atoms with Gasteiger partial charge in [-0.25, -0.2) is 0 Å². The van der Waals surface area contributed by atoms with Gasteiger partial charge in [0.05, 0.1) is 32.9 Å². The second-order valence-electron chi connectivity index (χ2n) is 8.17. The minimum Gasteiger partial charge on any atom is -0.506 e. The lowest BCUT2D eigenvalue weighted by Crippen LogP contribution is -2.30. The summed E-state index contributed by atoms with van der Waals surface area (Å²) in [5.74, 6) is -0.858. The minimum atomic E-state index is -0.943. The molecule has 0 aliphatic carbocycles. The van der Waals surface area contributed by atoms with Crippen LogP contribution in [0.2, 0.25) is 0 Å². The van der Waals surface area contributed by atoms with Gasteiger partial charge in [-0.15, -0.1) is 0 Å². The highest BCUT2D eigenvalue weighted by molar-refractivity contribution is 6.52. The van der Waals surface area contributed by atoms with Gasteiger partial charge in [0.15, 0.2) is 0 Å². The first-order chi connectivity index (χ1) is 16.8. The zero-order valence-corrected chi connectivity index (χ0v) is 20.3. The topological polar surface area (TPSA) is 85.3 Å². The summed E-state index contributed by atoms with van der Waals surface area (Å²) in [6.07, 6.45) is 0. The number of amides is 1. The summed E-state index contributed by atoms with van der Waals surface area (Å²) in [5.41, 5.74) is 3.07. The molecule has 4 rings (SSSR count). The van der Waals surface area contributed by atoms with Gasteiger partial charge < -0.3 is 19.3 Å². The molecule has 0 spiro atoms. The first-order valence-electron chi connectivity index (χ1n) is 11.1. The molecule has 1 aliphatic heterocycles. The summed E-state index contributed by atoms with van der Waals surface area (Å²) < 4.78 is 16.5. The Kier molecular flexibility index (Phi) is 6.51. The van der Waals surface area contributed by atoms with Crippen molar-refractivity contribution in [3.8, 4) is 17.2 Å². The fourth-order valence-electron chi connectivity index (χ4n) is 4.48. The zero-order chi connectivity index (χ0) is 25.3. The van der Waals surface area contributed by atoms with E-state index in [1.54, 1.807) is 48.5 Å². The molecule has 7 nitrogen and oxygen atoms in total. The number of hydrogen-bond donors (Lipinski definition) is 1. The van der Waals surface area contributed by atoms with Crippen molar-refractivity contribution in [1.29, 1.82) is 0 Å². The predicted molar refractivity (Wildman–Crippen MR) is 133 cm³/mol. The molecule has 3 aromatic carbocycles. The number of aliphatic hydroxyl groups is 1. The van der Waals surface area contributed by atoms with Crippen molar-refractivity contribution in [3.05, 3.63) is 88.5 Å². The lowest BCUT2D eigenvalue weighted by atomic mass is 9.93. The van der Waals surface area contributed by atoms with Crippen molar-refractivity contribution in [2.24, 2.45) is 0 Å². The maximum absolute atomic E-state index is 13.6. The first kappa shape index (κ1) is 23.9. The van der Waals surface area contributed by atoms with Crippen LogP contribution in [-0.4, -0.2) is 38.1 Å². The molecule has 180 valence electrons. The maximum atomic E-state index is 13.6. The Bertz CT molecular complexity index is 1320. The Hall–Kier alpha value is -4.26. The van der Waals surface area contributed by atoms with Gasteiger partial charge in [-0.2, -0.15) is 0 Å². The van der Waals surface area contributed by atoms with E-state index in [0.717, 1.165) is 11.1 Å². The van der Waals surface area contributed by atoms with E-state index in [0.29, 0.717) is 28.5 Å². The average molecular weight is 474 g/mol. The van der Waals surface area contributed by atoms with E-state index in [-0.39, 0.29) is 16.9 Å². The Morgan fingerprint density at radius 3 is 2.00 bits per heavy atom. The number of aryl methyl sites for hydroxylation is 1. The molecule has 0 aromatic heterocycles. The molecular weight excluding hydrogens is 446 g/mol. The second kappa shape index (κ2) is 9.54. The van der Waals surface area contributed by atoms with Crippen LogP contribution in [0.1, 0.15) is 28.3 Å². The molecular formula is C28H27NO6. The third-order valence-corrected chi connectivity index (χ3v) is 6.38. The molecule has 1 unspecified atom stereocenters. The van der Waals surface area contributed by atoms with E-state index in [9.17, 15) is 14.7 Å². The van der Waals surface area contributed by atoms with Crippen LogP contribution in [0.15, 0.2) is 66.2 Å². The van der Waals surface area contributed by atoms with Crippen molar-refractivity contribution in [2.75, 3.05) is 26.2 Å². The Morgan fingerprint density at radius 2 is 1.37 bits per heavy atom. The van der Waals surface area contributed by atoms with Gasteiger partial charge in [0.25, 0.3) is 11.7 Å². The molecule has 1 fully saturated rings. The molecule has 1 atom stereocenters. The molecule has 35 heavy (non-hydrogen) atoms. The highest BCUT2D eigenvalue weighted by atomic mass is 16.5. The molecule has 3 aromatic rings. The average Bonchev–Trinajstić information content (AvgIpc) is 3.14. The monoisotopic (exact) mass is 473 g/mol. The molecule has 1 amide bonds. The van der Waals surface area contributed by atoms with Crippen LogP contribution < -0.4 is 19.1 Å². The van der Waals surface area contributed by atoms with Gasteiger partial charge in [0.2, 0.25) is 0 Å². The number of rotatable bonds is 6. The smallest absolute Gasteiger partial charge is 0.300 e. The van der Waals surface area contributed by atoms with Gasteiger partial charge in [-0.3, -0.25) is 14.5 Å². The standard InChI is InChI=1S/C28H27NO6/c1-16-10-8-12-19(17(16)2)29-25(18-11-6-7-13-20(18)33-3)24(27(31)28(29)32)26(30)23-21(34-4)14-9-15-22(23)35-5/h6-15,25,30H,1-5H3/b26-24+. The summed E-state index contributed by atoms with van der Waals surface area (Å²) in [6, 6.07) is 16.8. The summed E-state index contributed by atoms with van der Waals surface area (Å²) in [5, 5.41) is 11.6. The predicted octanol–water partition coefficient (Wildman–Crippen LogP) is 4.96. The van der Waals surface area contributed by atoms with Crippen LogP contribution in [0.5, 0.6) is 17.2 Å². The number of benzene rings is 3. The van der Waals surface area contributed by atoms with Crippen LogP contribution in [0, 0.1) is 13.8 Å². The lowest BCUT2D eigenvalue weighted by Gasteiger charge is -2.28. The van der Waals surface area contributed by atoms with Crippen LogP contribution in [0.25, 0.3) is 5.76 Å². The van der Waals surface area contributed by atoms with Crippen LogP contribution in [0.3, 0.4) is 0 Å². The summed E-state index contributed by atoms with van der Waals surface area (Å²) in [7, 11) is 4.43. The van der Waals surface area contributed by atoms with E-state index in [4.69, 9.17) is 14.2 Å². The number of para-hydroxylation sites is 1. The molecule has 1 saturated heterocycles. The highest BCUT2D eigenvalue weighted by Gasteiger charge is 2.48. The molecule has 1 heterocycles. The van der Waals surface area contributed by atoms with Crippen molar-refractivity contribution in [3.63, 3.8) is 0 Å². The summed E-state index contributed by atoms with van der Waals surface area (Å²) >= 11 is 0. The van der Waals surface area contributed by atoms with Crippen LogP contribution in [0.4, 0.5) is 5.69 Å². The number of carbonyl (C=O) groups excluding carboxylic acids is 2. The van der Waals surface area contributed by atoms with Gasteiger partial charge in [-0.1, -0.05) is 36.4 Å². The van der Waals surface area contributed by atoms with Crippen molar-refractivity contribution < 1.29 is 28.9 Å². The number of hydrogen-bond acceptors (Lipinski definition) is 6. The second-order valence-corrected chi connectivity index (χ2v) is 8.17. The van der Waals surface area contributed by atoms with Gasteiger partial charge in [0.1, 0.15) is 28.6 Å². The molecule has 0 saturated carbocycles. The van der Waals surface area contributed by atoms with E-state index in [1.165, 1.54) is 26.2 Å². The normalized spacial score (nSPS) is 16.9. The summed E-state index contributed by atoms with van der Waals surface area (Å²) in [6.45, 7) is 3.83. The number of ketones is 1. The lowest BCUT2D eigenvalue weighted by molar-refractivity contribution is -0.132. The number of aliphatic hydroxyl groups excluding tert-OH is 1. The molecule has 0 radical (unpaired) electrons. The van der Waals surface area contributed by atoms with Gasteiger partial charge >= 0.3 is 0 Å². The van der Waals surface area contributed by atoms with E-state index in [2.05, 4.69) is 0 Å². The molecule has 7 heteroatoms. The number of nitrogens with zero attached hydrogens (tertiary/aromatic N) is 1. The Morgan fingerprint density at radius 1 is 0.800 bits per heavy atom. The fourth-order valence-corrected chi connectivity index (χ4v) is 4.48. The fraction of sp³-hybridized carbons (Fsp3) is 0.214. The number of carbonyl (C=O) groups is 2. The Labute approximate surface area is 204 Å². The van der Waals surface area contributed by atoms with E-state index < -0.39 is 17.7 Å². The van der Waals surface area contributed by atoms with Crippen molar-refractivity contribution in [1.82, 2.24) is 0 Å². The molecule has 1 aliphatic rings. The number of ether oxygens (including phenoxy) is 3. The molecule has 1 N–H and O–H groups in total. The first-order valence-corrected chi connectivity index (χ1v) is 11.1.